The van der Waals surface area contributed by atoms with E-state index in [-0.39, 0.29) is 6.29 Å². The normalized spacial score (nSPS) is 12.6. The van der Waals surface area contributed by atoms with Crippen LogP contribution in [0.1, 0.15) is 21.6 Å². The highest BCUT2D eigenvalue weighted by molar-refractivity contribution is 5.78. The van der Waals surface area contributed by atoms with Crippen molar-refractivity contribution in [3.63, 3.8) is 0 Å². The highest BCUT2D eigenvalue weighted by Gasteiger charge is 2.46. The van der Waals surface area contributed by atoms with E-state index < -0.39 is 29.2 Å². The van der Waals surface area contributed by atoms with Crippen LogP contribution >= 0.6 is 0 Å². The summed E-state index contributed by atoms with van der Waals surface area (Å²) in [6.07, 6.45) is -10.3. The molecular weight excluding hydrogens is 240 g/mol. The Morgan fingerprint density at radius 2 is 1.62 bits per heavy atom. The van der Waals surface area contributed by atoms with Crippen LogP contribution in [0.3, 0.4) is 0 Å². The third-order valence-corrected chi connectivity index (χ3v) is 1.66. The molecule has 1 heterocycles. The van der Waals surface area contributed by atoms with Gasteiger partial charge < -0.3 is 0 Å². The van der Waals surface area contributed by atoms with E-state index in [2.05, 4.69) is 4.98 Å². The number of alkyl halides is 6. The number of hydrogen-bond donors (Lipinski definition) is 0. The summed E-state index contributed by atoms with van der Waals surface area (Å²) < 4.78 is 73.6. The van der Waals surface area contributed by atoms with Crippen molar-refractivity contribution in [3.8, 4) is 0 Å². The van der Waals surface area contributed by atoms with Gasteiger partial charge in [-0.2, -0.15) is 26.3 Å². The van der Waals surface area contributed by atoms with Crippen molar-refractivity contribution in [2.75, 3.05) is 0 Å². The predicted octanol–water partition coefficient (Wildman–Crippen LogP) is 2.93. The maximum Gasteiger partial charge on any atom is 0.433 e. The molecule has 0 bridgehead atoms. The van der Waals surface area contributed by atoms with Crippen molar-refractivity contribution < 1.29 is 31.1 Å². The van der Waals surface area contributed by atoms with Crippen molar-refractivity contribution in [2.24, 2.45) is 0 Å². The molecule has 1 rings (SSSR count). The third kappa shape index (κ3) is 2.31. The minimum Gasteiger partial charge on any atom is -0.298 e. The maximum absolute atomic E-state index is 12.3. The van der Waals surface area contributed by atoms with Gasteiger partial charge in [-0.15, -0.1) is 0 Å². The number of hydrogen-bond acceptors (Lipinski definition) is 2. The minimum absolute atomic E-state index is 0.292. The zero-order valence-corrected chi connectivity index (χ0v) is 7.36. The molecule has 0 saturated heterocycles. The molecule has 0 aliphatic rings. The second kappa shape index (κ2) is 3.76. The summed E-state index contributed by atoms with van der Waals surface area (Å²) in [5, 5.41) is 0. The Labute approximate surface area is 84.9 Å². The van der Waals surface area contributed by atoms with Crippen LogP contribution in [0, 0.1) is 0 Å². The standard InChI is InChI=1S/C8H3F6NO/c9-7(10,11)5-4(3-16)1-2-15-6(5)8(12,13)14/h1-3H. The first-order valence-corrected chi connectivity index (χ1v) is 3.76. The van der Waals surface area contributed by atoms with Crippen molar-refractivity contribution in [2.45, 2.75) is 12.4 Å². The van der Waals surface area contributed by atoms with Crippen LogP contribution in [0.15, 0.2) is 12.3 Å². The Kier molecular flexibility index (Phi) is 2.93. The van der Waals surface area contributed by atoms with Crippen molar-refractivity contribution >= 4 is 6.29 Å². The Hall–Kier alpha value is -1.60. The highest BCUT2D eigenvalue weighted by Crippen LogP contribution is 2.40. The van der Waals surface area contributed by atoms with Crippen LogP contribution in [0.5, 0.6) is 0 Å². The van der Waals surface area contributed by atoms with E-state index in [1.165, 1.54) is 0 Å². The van der Waals surface area contributed by atoms with Gasteiger partial charge in [0.25, 0.3) is 0 Å². The summed E-state index contributed by atoms with van der Waals surface area (Å²) in [4.78, 5) is 12.9. The molecule has 0 aliphatic carbocycles. The molecule has 1 aromatic rings. The third-order valence-electron chi connectivity index (χ3n) is 1.66. The number of aldehydes is 1. The summed E-state index contributed by atoms with van der Waals surface area (Å²) in [5.74, 6) is 0. The topological polar surface area (TPSA) is 30.0 Å². The first-order chi connectivity index (χ1) is 7.18. The predicted molar refractivity (Wildman–Crippen MR) is 39.6 cm³/mol. The van der Waals surface area contributed by atoms with E-state index in [0.29, 0.717) is 12.3 Å². The Morgan fingerprint density at radius 3 is 2.00 bits per heavy atom. The summed E-state index contributed by atoms with van der Waals surface area (Å²) in [6, 6.07) is 0.574. The maximum atomic E-state index is 12.3. The molecule has 0 amide bonds. The SMILES string of the molecule is O=Cc1ccnc(C(F)(F)F)c1C(F)(F)F. The van der Waals surface area contributed by atoms with Crippen LogP contribution in [-0.4, -0.2) is 11.3 Å². The molecule has 8 heteroatoms. The summed E-state index contributed by atoms with van der Waals surface area (Å²) in [7, 11) is 0. The zero-order chi connectivity index (χ0) is 12.6. The molecule has 0 saturated carbocycles. The van der Waals surface area contributed by atoms with E-state index in [1.54, 1.807) is 0 Å². The average Bonchev–Trinajstić information content (AvgIpc) is 2.13. The van der Waals surface area contributed by atoms with Gasteiger partial charge in [0.15, 0.2) is 12.0 Å². The van der Waals surface area contributed by atoms with Crippen LogP contribution in [0.25, 0.3) is 0 Å². The molecule has 0 radical (unpaired) electrons. The molecule has 2 nitrogen and oxygen atoms in total. The van der Waals surface area contributed by atoms with Crippen LogP contribution in [0.2, 0.25) is 0 Å². The Morgan fingerprint density at radius 1 is 1.06 bits per heavy atom. The number of carbonyl (C=O) groups is 1. The molecular formula is C8H3F6NO. The monoisotopic (exact) mass is 243 g/mol. The van der Waals surface area contributed by atoms with Gasteiger partial charge in [-0.3, -0.25) is 9.78 Å². The number of nitrogens with zero attached hydrogens (tertiary/aromatic N) is 1. The molecule has 16 heavy (non-hydrogen) atoms. The number of pyridine rings is 1. The first kappa shape index (κ1) is 12.5. The smallest absolute Gasteiger partial charge is 0.298 e. The van der Waals surface area contributed by atoms with E-state index >= 15 is 0 Å². The fourth-order valence-corrected chi connectivity index (χ4v) is 1.09. The molecule has 1 aromatic heterocycles. The molecule has 0 aliphatic heterocycles. The molecule has 0 atom stereocenters. The fraction of sp³-hybridized carbons (Fsp3) is 0.250. The van der Waals surface area contributed by atoms with E-state index in [9.17, 15) is 31.1 Å². The van der Waals surface area contributed by atoms with Gasteiger partial charge in [0.1, 0.15) is 0 Å². The van der Waals surface area contributed by atoms with Gasteiger partial charge in [0.2, 0.25) is 0 Å². The number of rotatable bonds is 1. The van der Waals surface area contributed by atoms with Crippen LogP contribution in [0.4, 0.5) is 26.3 Å². The number of carbonyl (C=O) groups excluding carboxylic acids is 1. The number of aromatic nitrogens is 1. The lowest BCUT2D eigenvalue weighted by atomic mass is 10.1. The largest absolute Gasteiger partial charge is 0.433 e. The van der Waals surface area contributed by atoms with E-state index in [4.69, 9.17) is 0 Å². The summed E-state index contributed by atoms with van der Waals surface area (Å²) in [5.41, 5.74) is -5.25. The Bertz CT molecular complexity index is 408. The fourth-order valence-electron chi connectivity index (χ4n) is 1.09. The molecule has 88 valence electrons. The quantitative estimate of drug-likeness (QED) is 0.560. The molecule has 0 fully saturated rings. The van der Waals surface area contributed by atoms with Crippen molar-refractivity contribution in [1.82, 2.24) is 4.98 Å². The van der Waals surface area contributed by atoms with Gasteiger partial charge in [0, 0.05) is 11.8 Å². The lowest BCUT2D eigenvalue weighted by Gasteiger charge is -2.15. The summed E-state index contributed by atoms with van der Waals surface area (Å²) >= 11 is 0. The van der Waals surface area contributed by atoms with Crippen molar-refractivity contribution in [1.29, 1.82) is 0 Å². The number of halogens is 6. The van der Waals surface area contributed by atoms with E-state index in [0.717, 1.165) is 0 Å². The first-order valence-electron chi connectivity index (χ1n) is 3.76. The van der Waals surface area contributed by atoms with Gasteiger partial charge >= 0.3 is 12.4 Å². The molecule has 0 unspecified atom stereocenters. The van der Waals surface area contributed by atoms with Crippen LogP contribution in [-0.2, 0) is 12.4 Å². The van der Waals surface area contributed by atoms with Gasteiger partial charge in [-0.05, 0) is 6.07 Å². The Balaban J connectivity index is 3.57. The second-order valence-corrected chi connectivity index (χ2v) is 2.74. The van der Waals surface area contributed by atoms with Crippen LogP contribution < -0.4 is 0 Å². The zero-order valence-electron chi connectivity index (χ0n) is 7.36. The lowest BCUT2D eigenvalue weighted by molar-refractivity contribution is -0.164. The minimum atomic E-state index is -5.28. The molecule has 0 aromatic carbocycles. The average molecular weight is 243 g/mol. The molecule has 0 spiro atoms. The summed E-state index contributed by atoms with van der Waals surface area (Å²) in [6.45, 7) is 0. The van der Waals surface area contributed by atoms with Gasteiger partial charge in [0.05, 0.1) is 5.56 Å². The highest BCUT2D eigenvalue weighted by atomic mass is 19.4. The second-order valence-electron chi connectivity index (χ2n) is 2.74. The lowest BCUT2D eigenvalue weighted by Crippen LogP contribution is -2.20. The van der Waals surface area contributed by atoms with E-state index in [1.807, 2.05) is 0 Å². The molecule has 0 N–H and O–H groups in total. The van der Waals surface area contributed by atoms with Gasteiger partial charge in [-0.1, -0.05) is 0 Å². The van der Waals surface area contributed by atoms with Gasteiger partial charge in [-0.25, -0.2) is 0 Å². The van der Waals surface area contributed by atoms with Crippen molar-refractivity contribution in [3.05, 3.63) is 29.1 Å².